The Hall–Kier alpha value is -3.70. The molecule has 12 nitrogen and oxygen atoms in total. The van der Waals surface area contributed by atoms with E-state index >= 15 is 0 Å². The molecule has 0 spiro atoms. The molecule has 0 radical (unpaired) electrons. The molecule has 2 heterocycles. The van der Waals surface area contributed by atoms with E-state index in [-0.39, 0.29) is 24.9 Å². The highest BCUT2D eigenvalue weighted by molar-refractivity contribution is 5.73. The Morgan fingerprint density at radius 3 is 1.16 bits per heavy atom. The predicted octanol–water partition coefficient (Wildman–Crippen LogP) is 1.74. The third-order valence-corrected chi connectivity index (χ3v) is 6.35. The molecule has 2 amide bonds. The maximum absolute atomic E-state index is 11.9. The first-order valence-corrected chi connectivity index (χ1v) is 13.3. The fourth-order valence-electron chi connectivity index (χ4n) is 4.34. The summed E-state index contributed by atoms with van der Waals surface area (Å²) in [4.78, 5) is 82.1. The van der Waals surface area contributed by atoms with Gasteiger partial charge in [-0.3, -0.25) is 29.1 Å². The van der Waals surface area contributed by atoms with E-state index in [1.807, 2.05) is 0 Å². The number of amides is 2. The Bertz CT molecular complexity index is 1110. The van der Waals surface area contributed by atoms with E-state index in [0.717, 1.165) is 64.2 Å². The van der Waals surface area contributed by atoms with Crippen molar-refractivity contribution in [2.45, 2.75) is 91.1 Å². The van der Waals surface area contributed by atoms with Crippen molar-refractivity contribution in [3.63, 3.8) is 0 Å². The lowest BCUT2D eigenvalue weighted by atomic mass is 10.1. The van der Waals surface area contributed by atoms with Crippen LogP contribution in [0, 0.1) is 0 Å². The normalized spacial score (nSPS) is 10.9. The van der Waals surface area contributed by atoms with Crippen molar-refractivity contribution in [1.82, 2.24) is 29.7 Å². The van der Waals surface area contributed by atoms with Crippen molar-refractivity contribution >= 4 is 11.8 Å². The quantitative estimate of drug-likeness (QED) is 0.226. The summed E-state index contributed by atoms with van der Waals surface area (Å²) < 4.78 is 0. The number of aromatic amines is 4. The molecule has 0 aliphatic rings. The molecule has 0 saturated carbocycles. The third kappa shape index (κ3) is 12.0. The monoisotopic (exact) mass is 532 g/mol. The van der Waals surface area contributed by atoms with Crippen LogP contribution >= 0.6 is 0 Å². The zero-order valence-electron chi connectivity index (χ0n) is 22.4. The molecule has 12 heteroatoms. The highest BCUT2D eigenvalue weighted by atomic mass is 16.2. The fourth-order valence-corrected chi connectivity index (χ4v) is 4.34. The molecule has 0 aromatic carbocycles. The molecule has 2 aromatic rings. The smallest absolute Gasteiger partial charge is 0.325 e. The number of rotatable bonds is 17. The Morgan fingerprint density at radius 2 is 0.868 bits per heavy atom. The van der Waals surface area contributed by atoms with Crippen LogP contribution in [0.25, 0.3) is 0 Å². The minimum absolute atomic E-state index is 0.0946. The predicted molar refractivity (Wildman–Crippen MR) is 144 cm³/mol. The fraction of sp³-hybridized carbons (Fsp3) is 0.615. The molecule has 0 aliphatic carbocycles. The van der Waals surface area contributed by atoms with E-state index in [1.54, 1.807) is 9.80 Å². The van der Waals surface area contributed by atoms with E-state index in [9.17, 15) is 28.8 Å². The molecular weight excluding hydrogens is 492 g/mol. The molecule has 0 bridgehead atoms. The summed E-state index contributed by atoms with van der Waals surface area (Å²) in [5.74, 6) is -0.189. The van der Waals surface area contributed by atoms with Crippen molar-refractivity contribution in [1.29, 1.82) is 0 Å². The SMILES string of the molecule is CC(=O)N(CCCCCCCCCCCCN(Cc1cc(=O)[nH]c(=O)[nH]1)C(C)=O)Cc1cc(=O)[nH]c(=O)[nH]1. The van der Waals surface area contributed by atoms with Crippen molar-refractivity contribution in [3.8, 4) is 0 Å². The van der Waals surface area contributed by atoms with Gasteiger partial charge in [0.25, 0.3) is 11.1 Å². The second-order valence-corrected chi connectivity index (χ2v) is 9.64. The van der Waals surface area contributed by atoms with Gasteiger partial charge >= 0.3 is 11.4 Å². The van der Waals surface area contributed by atoms with Gasteiger partial charge in [-0.15, -0.1) is 0 Å². The average Bonchev–Trinajstić information content (AvgIpc) is 2.81. The van der Waals surface area contributed by atoms with E-state index in [0.29, 0.717) is 24.5 Å². The van der Waals surface area contributed by atoms with Gasteiger partial charge in [-0.2, -0.15) is 0 Å². The molecule has 210 valence electrons. The zero-order chi connectivity index (χ0) is 27.9. The maximum Gasteiger partial charge on any atom is 0.325 e. The minimum Gasteiger partial charge on any atom is -0.337 e. The van der Waals surface area contributed by atoms with Crippen LogP contribution in [0.3, 0.4) is 0 Å². The van der Waals surface area contributed by atoms with Crippen LogP contribution in [0.2, 0.25) is 0 Å². The number of unbranched alkanes of at least 4 members (excludes halogenated alkanes) is 9. The number of aromatic nitrogens is 4. The summed E-state index contributed by atoms with van der Waals surface area (Å²) in [6.45, 7) is 4.55. The Labute approximate surface area is 220 Å². The standard InChI is InChI=1S/C26H40N6O6/c1-19(33)31(17-21-15-23(35)29-25(37)27-21)13-11-9-7-5-3-4-6-8-10-12-14-32(20(2)34)18-22-16-24(36)30-26(38)28-22/h15-16H,3-14,17-18H2,1-2H3,(H2,27,29,35,37)(H2,28,30,36,38). The van der Waals surface area contributed by atoms with Gasteiger partial charge in [0, 0.05) is 50.5 Å². The number of nitrogens with one attached hydrogen (secondary N) is 4. The molecule has 0 atom stereocenters. The van der Waals surface area contributed by atoms with Gasteiger partial charge in [0.15, 0.2) is 0 Å². The van der Waals surface area contributed by atoms with Gasteiger partial charge in [-0.05, 0) is 12.8 Å². The van der Waals surface area contributed by atoms with Crippen LogP contribution in [-0.2, 0) is 22.7 Å². The summed E-state index contributed by atoms with van der Waals surface area (Å²) in [6.07, 6.45) is 10.5. The highest BCUT2D eigenvalue weighted by Crippen LogP contribution is 2.12. The van der Waals surface area contributed by atoms with Crippen molar-refractivity contribution in [3.05, 3.63) is 65.2 Å². The van der Waals surface area contributed by atoms with Crippen LogP contribution in [0.1, 0.15) is 89.4 Å². The van der Waals surface area contributed by atoms with E-state index < -0.39 is 22.5 Å². The summed E-state index contributed by atoms with van der Waals surface area (Å²) in [7, 11) is 0. The van der Waals surface area contributed by atoms with Gasteiger partial charge in [-0.1, -0.05) is 51.4 Å². The molecule has 4 N–H and O–H groups in total. The molecule has 0 aliphatic heterocycles. The van der Waals surface area contributed by atoms with Crippen molar-refractivity contribution in [2.24, 2.45) is 0 Å². The number of carbonyl (C=O) groups excluding carboxylic acids is 2. The van der Waals surface area contributed by atoms with Crippen LogP contribution in [0.15, 0.2) is 31.3 Å². The average molecular weight is 533 g/mol. The van der Waals surface area contributed by atoms with E-state index in [1.165, 1.54) is 26.0 Å². The molecule has 0 unspecified atom stereocenters. The van der Waals surface area contributed by atoms with Gasteiger partial charge in [0.2, 0.25) is 11.8 Å². The number of carbonyl (C=O) groups is 2. The Balaban J connectivity index is 1.53. The molecule has 38 heavy (non-hydrogen) atoms. The van der Waals surface area contributed by atoms with Crippen molar-refractivity contribution in [2.75, 3.05) is 13.1 Å². The summed E-state index contributed by atoms with van der Waals surface area (Å²) in [5, 5.41) is 0. The molecule has 0 fully saturated rings. The topological polar surface area (TPSA) is 172 Å². The minimum atomic E-state index is -0.574. The van der Waals surface area contributed by atoms with Gasteiger partial charge < -0.3 is 19.8 Å². The maximum atomic E-state index is 11.9. The number of nitrogens with zero attached hydrogens (tertiary/aromatic N) is 2. The number of hydrogen-bond acceptors (Lipinski definition) is 6. The second-order valence-electron chi connectivity index (χ2n) is 9.64. The number of hydrogen-bond donors (Lipinski definition) is 4. The molecular formula is C26H40N6O6. The Kier molecular flexibility index (Phi) is 13.0. The van der Waals surface area contributed by atoms with Crippen LogP contribution < -0.4 is 22.5 Å². The summed E-state index contributed by atoms with van der Waals surface area (Å²) in [5.41, 5.74) is -1.26. The Morgan fingerprint density at radius 1 is 0.553 bits per heavy atom. The number of H-pyrrole nitrogens is 4. The zero-order valence-corrected chi connectivity index (χ0v) is 22.4. The lowest BCUT2D eigenvalue weighted by Crippen LogP contribution is -2.32. The van der Waals surface area contributed by atoms with E-state index in [4.69, 9.17) is 0 Å². The van der Waals surface area contributed by atoms with Gasteiger partial charge in [-0.25, -0.2) is 9.59 Å². The highest BCUT2D eigenvalue weighted by Gasteiger charge is 2.11. The molecule has 2 aromatic heterocycles. The second kappa shape index (κ2) is 16.2. The van der Waals surface area contributed by atoms with E-state index in [2.05, 4.69) is 19.9 Å². The third-order valence-electron chi connectivity index (χ3n) is 6.35. The van der Waals surface area contributed by atoms with Crippen molar-refractivity contribution < 1.29 is 9.59 Å². The molecule has 2 rings (SSSR count). The lowest BCUT2D eigenvalue weighted by Gasteiger charge is -2.20. The lowest BCUT2D eigenvalue weighted by molar-refractivity contribution is -0.130. The van der Waals surface area contributed by atoms with Gasteiger partial charge in [0.1, 0.15) is 0 Å². The largest absolute Gasteiger partial charge is 0.337 e. The van der Waals surface area contributed by atoms with Crippen LogP contribution in [0.5, 0.6) is 0 Å². The summed E-state index contributed by atoms with van der Waals surface area (Å²) >= 11 is 0. The molecule has 0 saturated heterocycles. The van der Waals surface area contributed by atoms with Gasteiger partial charge in [0.05, 0.1) is 13.1 Å². The summed E-state index contributed by atoms with van der Waals surface area (Å²) in [6, 6.07) is 2.60. The first-order valence-electron chi connectivity index (χ1n) is 13.3. The first-order chi connectivity index (χ1) is 18.1. The van der Waals surface area contributed by atoms with Crippen LogP contribution in [-0.4, -0.2) is 54.6 Å². The van der Waals surface area contributed by atoms with Crippen LogP contribution in [0.4, 0.5) is 0 Å². The first kappa shape index (κ1) is 30.5.